The van der Waals surface area contributed by atoms with Gasteiger partial charge in [0.25, 0.3) is 11.5 Å². The van der Waals surface area contributed by atoms with Crippen LogP contribution in [0.25, 0.3) is 5.69 Å². The second kappa shape index (κ2) is 7.25. The number of morpholine rings is 1. The van der Waals surface area contributed by atoms with E-state index in [2.05, 4.69) is 5.10 Å². The van der Waals surface area contributed by atoms with Gasteiger partial charge >= 0.3 is 0 Å². The largest absolute Gasteiger partial charge is 0.494 e. The Labute approximate surface area is 149 Å². The summed E-state index contributed by atoms with van der Waals surface area (Å²) in [7, 11) is 1.38. The lowest BCUT2D eigenvalue weighted by molar-refractivity contribution is -0.0588. The molecular formula is C18H20FN3O4. The average molecular weight is 361 g/mol. The van der Waals surface area contributed by atoms with Crippen LogP contribution in [0.2, 0.25) is 0 Å². The molecule has 2 aromatic rings. The summed E-state index contributed by atoms with van der Waals surface area (Å²) in [4.78, 5) is 26.9. The van der Waals surface area contributed by atoms with Gasteiger partial charge in [0.1, 0.15) is 5.82 Å². The van der Waals surface area contributed by atoms with E-state index in [1.165, 1.54) is 37.4 Å². The molecule has 0 radical (unpaired) electrons. The number of amides is 1. The Kier molecular flexibility index (Phi) is 5.03. The molecular weight excluding hydrogens is 341 g/mol. The fourth-order valence-electron chi connectivity index (χ4n) is 3.00. The van der Waals surface area contributed by atoms with Crippen LogP contribution in [-0.2, 0) is 4.74 Å². The van der Waals surface area contributed by atoms with Gasteiger partial charge in [-0.1, -0.05) is 0 Å². The molecule has 0 unspecified atom stereocenters. The van der Waals surface area contributed by atoms with E-state index in [0.717, 1.165) is 4.68 Å². The first-order valence-corrected chi connectivity index (χ1v) is 8.28. The van der Waals surface area contributed by atoms with Crippen molar-refractivity contribution >= 4 is 5.91 Å². The zero-order chi connectivity index (χ0) is 18.8. The molecule has 1 aromatic carbocycles. The molecule has 0 spiro atoms. The van der Waals surface area contributed by atoms with Crippen LogP contribution in [0, 0.1) is 5.82 Å². The lowest BCUT2D eigenvalue weighted by atomic mass is 10.2. The van der Waals surface area contributed by atoms with Crippen molar-refractivity contribution in [2.45, 2.75) is 26.1 Å². The van der Waals surface area contributed by atoms with Crippen molar-refractivity contribution in [2.75, 3.05) is 20.2 Å². The smallest absolute Gasteiger partial charge is 0.278 e. The van der Waals surface area contributed by atoms with Crippen LogP contribution in [0.15, 0.2) is 35.1 Å². The molecule has 0 bridgehead atoms. The van der Waals surface area contributed by atoms with Gasteiger partial charge in [0.15, 0.2) is 11.4 Å². The third-order valence-electron chi connectivity index (χ3n) is 4.10. The van der Waals surface area contributed by atoms with Gasteiger partial charge in [0, 0.05) is 13.1 Å². The highest BCUT2D eigenvalue weighted by molar-refractivity contribution is 5.95. The van der Waals surface area contributed by atoms with Crippen molar-refractivity contribution in [3.05, 3.63) is 52.2 Å². The first-order valence-electron chi connectivity index (χ1n) is 8.28. The summed E-state index contributed by atoms with van der Waals surface area (Å²) in [6.45, 7) is 4.62. The van der Waals surface area contributed by atoms with Gasteiger partial charge < -0.3 is 14.4 Å². The van der Waals surface area contributed by atoms with E-state index < -0.39 is 11.4 Å². The van der Waals surface area contributed by atoms with Gasteiger partial charge in [-0.3, -0.25) is 9.59 Å². The van der Waals surface area contributed by atoms with Gasteiger partial charge in [0.2, 0.25) is 0 Å². The minimum Gasteiger partial charge on any atom is -0.494 e. The Morgan fingerprint density at radius 3 is 2.42 bits per heavy atom. The Morgan fingerprint density at radius 2 is 1.85 bits per heavy atom. The Balaban J connectivity index is 2.02. The first-order chi connectivity index (χ1) is 12.4. The molecule has 3 rings (SSSR count). The quantitative estimate of drug-likeness (QED) is 0.831. The SMILES string of the molecule is COc1cc(=O)n(-c2ccc(F)cc2)nc1C(=O)N1C[C@@H](C)O[C@@H](C)C1. The van der Waals surface area contributed by atoms with E-state index in [1.54, 1.807) is 4.90 Å². The zero-order valence-corrected chi connectivity index (χ0v) is 14.8. The van der Waals surface area contributed by atoms with E-state index in [1.807, 2.05) is 13.8 Å². The van der Waals surface area contributed by atoms with Gasteiger partial charge in [-0.15, -0.1) is 0 Å². The monoisotopic (exact) mass is 361 g/mol. The maximum absolute atomic E-state index is 13.1. The number of methoxy groups -OCH3 is 1. The van der Waals surface area contributed by atoms with Crippen LogP contribution in [0.4, 0.5) is 4.39 Å². The number of carbonyl (C=O) groups is 1. The topological polar surface area (TPSA) is 73.7 Å². The summed E-state index contributed by atoms with van der Waals surface area (Å²) in [6, 6.07) is 6.49. The Hall–Kier alpha value is -2.74. The van der Waals surface area contributed by atoms with Crippen LogP contribution in [0.1, 0.15) is 24.3 Å². The zero-order valence-electron chi connectivity index (χ0n) is 14.8. The van der Waals surface area contributed by atoms with Crippen LogP contribution < -0.4 is 10.3 Å². The van der Waals surface area contributed by atoms with E-state index in [4.69, 9.17) is 9.47 Å². The van der Waals surface area contributed by atoms with Crippen LogP contribution in [0.3, 0.4) is 0 Å². The Bertz CT molecular complexity index is 856. The van der Waals surface area contributed by atoms with Crippen LogP contribution >= 0.6 is 0 Å². The molecule has 2 heterocycles. The average Bonchev–Trinajstić information content (AvgIpc) is 2.61. The molecule has 1 aliphatic heterocycles. The second-order valence-corrected chi connectivity index (χ2v) is 6.26. The third-order valence-corrected chi connectivity index (χ3v) is 4.10. The molecule has 1 saturated heterocycles. The minimum atomic E-state index is -0.478. The van der Waals surface area contributed by atoms with E-state index in [0.29, 0.717) is 18.8 Å². The standard InChI is InChI=1S/C18H20FN3O4/c1-11-9-21(10-12(2)26-11)18(24)17-15(25-3)8-16(23)22(20-17)14-6-4-13(19)5-7-14/h4-8,11-12H,9-10H2,1-3H3/t11-,12+. The molecule has 0 saturated carbocycles. The molecule has 1 aromatic heterocycles. The van der Waals surface area contributed by atoms with E-state index >= 15 is 0 Å². The van der Waals surface area contributed by atoms with Crippen LogP contribution in [0.5, 0.6) is 5.75 Å². The van der Waals surface area contributed by atoms with E-state index in [9.17, 15) is 14.0 Å². The number of hydrogen-bond acceptors (Lipinski definition) is 5. The maximum atomic E-state index is 13.1. The van der Waals surface area contributed by atoms with Crippen molar-refractivity contribution in [2.24, 2.45) is 0 Å². The fourth-order valence-corrected chi connectivity index (χ4v) is 3.00. The highest BCUT2D eigenvalue weighted by Gasteiger charge is 2.30. The van der Waals surface area contributed by atoms with Crippen molar-refractivity contribution in [3.8, 4) is 11.4 Å². The van der Waals surface area contributed by atoms with Gasteiger partial charge in [0.05, 0.1) is 31.1 Å². The van der Waals surface area contributed by atoms with Gasteiger partial charge in [-0.2, -0.15) is 9.78 Å². The third kappa shape index (κ3) is 3.60. The molecule has 2 atom stereocenters. The maximum Gasteiger partial charge on any atom is 0.278 e. The number of ether oxygens (including phenoxy) is 2. The lowest BCUT2D eigenvalue weighted by Gasteiger charge is -2.35. The van der Waals surface area contributed by atoms with Crippen molar-refractivity contribution < 1.29 is 18.7 Å². The van der Waals surface area contributed by atoms with Crippen molar-refractivity contribution in [1.82, 2.24) is 14.7 Å². The highest BCUT2D eigenvalue weighted by Crippen LogP contribution is 2.19. The predicted molar refractivity (Wildman–Crippen MR) is 92.3 cm³/mol. The number of hydrogen-bond donors (Lipinski definition) is 0. The second-order valence-electron chi connectivity index (χ2n) is 6.26. The molecule has 8 heteroatoms. The molecule has 7 nitrogen and oxygen atoms in total. The molecule has 1 fully saturated rings. The molecule has 138 valence electrons. The summed E-state index contributed by atoms with van der Waals surface area (Å²) < 4.78 is 25.0. The normalized spacial score (nSPS) is 20.1. The summed E-state index contributed by atoms with van der Waals surface area (Å²) in [5.41, 5.74) is -0.0942. The summed E-state index contributed by atoms with van der Waals surface area (Å²) in [5.74, 6) is -0.673. The highest BCUT2D eigenvalue weighted by atomic mass is 19.1. The summed E-state index contributed by atoms with van der Waals surface area (Å²) in [6.07, 6.45) is -0.201. The van der Waals surface area contributed by atoms with Gasteiger partial charge in [-0.25, -0.2) is 4.39 Å². The van der Waals surface area contributed by atoms with E-state index in [-0.39, 0.29) is 29.6 Å². The lowest BCUT2D eigenvalue weighted by Crippen LogP contribution is -2.48. The molecule has 1 amide bonds. The van der Waals surface area contributed by atoms with Crippen molar-refractivity contribution in [3.63, 3.8) is 0 Å². The van der Waals surface area contributed by atoms with Crippen molar-refractivity contribution in [1.29, 1.82) is 0 Å². The number of halogens is 1. The Morgan fingerprint density at radius 1 is 1.23 bits per heavy atom. The first kappa shape index (κ1) is 18.1. The number of carbonyl (C=O) groups excluding carboxylic acids is 1. The fraction of sp³-hybridized carbons (Fsp3) is 0.389. The molecule has 0 N–H and O–H groups in total. The molecule has 1 aliphatic rings. The number of rotatable bonds is 3. The molecule has 0 aliphatic carbocycles. The minimum absolute atomic E-state index is 0.0257. The number of benzene rings is 1. The predicted octanol–water partition coefficient (Wildman–Crippen LogP) is 1.63. The summed E-state index contributed by atoms with van der Waals surface area (Å²) in [5, 5.41) is 4.19. The number of nitrogens with zero attached hydrogens (tertiary/aromatic N) is 3. The summed E-state index contributed by atoms with van der Waals surface area (Å²) >= 11 is 0. The number of aromatic nitrogens is 2. The van der Waals surface area contributed by atoms with Crippen LogP contribution in [-0.4, -0.2) is 53.0 Å². The molecule has 26 heavy (non-hydrogen) atoms. The van der Waals surface area contributed by atoms with Gasteiger partial charge in [-0.05, 0) is 38.1 Å².